The van der Waals surface area contributed by atoms with E-state index in [1.807, 2.05) is 35.6 Å². The molecule has 0 aliphatic carbocycles. The highest BCUT2D eigenvalue weighted by atomic mass is 127. The molecule has 0 saturated carbocycles. The van der Waals surface area contributed by atoms with Crippen molar-refractivity contribution in [2.75, 3.05) is 40.1 Å². The van der Waals surface area contributed by atoms with Crippen LogP contribution in [0.2, 0.25) is 0 Å². The van der Waals surface area contributed by atoms with Crippen molar-refractivity contribution in [3.05, 3.63) is 26.8 Å². The summed E-state index contributed by atoms with van der Waals surface area (Å²) in [5.74, 6) is -0.126. The lowest BCUT2D eigenvalue weighted by Crippen LogP contribution is -2.26. The van der Waals surface area contributed by atoms with Crippen molar-refractivity contribution >= 4 is 40.5 Å². The number of hydrogen-bond donors (Lipinski definition) is 1. The third kappa shape index (κ3) is 8.70. The predicted octanol–water partition coefficient (Wildman–Crippen LogP) is 2.69. The van der Waals surface area contributed by atoms with Crippen LogP contribution < -0.4 is 14.8 Å². The molecule has 1 amide bonds. The second-order valence-corrected chi connectivity index (χ2v) is 6.79. The van der Waals surface area contributed by atoms with Gasteiger partial charge in [0, 0.05) is 20.3 Å². The molecule has 0 aromatic heterocycles. The summed E-state index contributed by atoms with van der Waals surface area (Å²) in [5, 5.41) is 12.0. The average molecular weight is 516 g/mol. The van der Waals surface area contributed by atoms with E-state index in [0.717, 1.165) is 0 Å². The lowest BCUT2D eigenvalue weighted by atomic mass is 10.1. The van der Waals surface area contributed by atoms with Gasteiger partial charge in [0.2, 0.25) is 0 Å². The summed E-state index contributed by atoms with van der Waals surface area (Å²) in [6.45, 7) is 4.87. The number of carbonyl (C=O) groups excluding carboxylic acids is 2. The highest BCUT2D eigenvalue weighted by Gasteiger charge is 2.15. The molecule has 1 aromatic rings. The Morgan fingerprint density at radius 1 is 1.24 bits per heavy atom. The Balaban J connectivity index is 3.03. The Morgan fingerprint density at radius 2 is 2.00 bits per heavy atom. The number of benzene rings is 1. The van der Waals surface area contributed by atoms with Crippen molar-refractivity contribution in [2.45, 2.75) is 20.3 Å². The maximum atomic E-state index is 12.2. The number of nitrogens with zero attached hydrogens (tertiary/aromatic N) is 1. The summed E-state index contributed by atoms with van der Waals surface area (Å²) in [6, 6.07) is 5.30. The van der Waals surface area contributed by atoms with E-state index in [1.165, 1.54) is 6.08 Å². The lowest BCUT2D eigenvalue weighted by molar-refractivity contribution is -0.145. The molecule has 0 spiro atoms. The van der Waals surface area contributed by atoms with Gasteiger partial charge in [-0.15, -0.1) is 0 Å². The number of methoxy groups -OCH3 is 1. The van der Waals surface area contributed by atoms with E-state index in [9.17, 15) is 14.9 Å². The number of halogens is 1. The monoisotopic (exact) mass is 516 g/mol. The van der Waals surface area contributed by atoms with Gasteiger partial charge in [0.05, 0.1) is 16.8 Å². The average Bonchev–Trinajstić information content (AvgIpc) is 2.69. The van der Waals surface area contributed by atoms with Crippen LogP contribution in [-0.4, -0.2) is 52.0 Å². The minimum absolute atomic E-state index is 0.0270. The maximum Gasteiger partial charge on any atom is 0.344 e. The Kier molecular flexibility index (Phi) is 11.8. The number of rotatable bonds is 12. The molecule has 8 nitrogen and oxygen atoms in total. The van der Waals surface area contributed by atoms with Crippen LogP contribution in [0.25, 0.3) is 6.08 Å². The van der Waals surface area contributed by atoms with Crippen LogP contribution in [-0.2, 0) is 19.1 Å². The summed E-state index contributed by atoms with van der Waals surface area (Å²) in [4.78, 5) is 23.8. The topological polar surface area (TPSA) is 107 Å². The number of esters is 1. The van der Waals surface area contributed by atoms with Gasteiger partial charge >= 0.3 is 5.97 Å². The van der Waals surface area contributed by atoms with Crippen LogP contribution in [0.4, 0.5) is 0 Å². The summed E-state index contributed by atoms with van der Waals surface area (Å²) < 4.78 is 21.6. The predicted molar refractivity (Wildman–Crippen MR) is 116 cm³/mol. The number of nitriles is 1. The van der Waals surface area contributed by atoms with Crippen LogP contribution in [0.15, 0.2) is 17.7 Å². The molecular formula is C20H25IN2O6. The summed E-state index contributed by atoms with van der Waals surface area (Å²) in [5.41, 5.74) is 0.575. The Morgan fingerprint density at radius 3 is 2.62 bits per heavy atom. The molecule has 0 aliphatic heterocycles. The number of amides is 1. The Labute approximate surface area is 184 Å². The minimum Gasteiger partial charge on any atom is -0.490 e. The SMILES string of the molecule is CCOC(=O)COc1c(I)cc(/C=C(\C#N)C(=O)NCCCOC)cc1OCC. The van der Waals surface area contributed by atoms with Crippen LogP contribution in [0.5, 0.6) is 11.5 Å². The molecule has 0 atom stereocenters. The van der Waals surface area contributed by atoms with Gasteiger partial charge in [0.15, 0.2) is 18.1 Å². The first kappa shape index (κ1) is 24.7. The van der Waals surface area contributed by atoms with Crippen molar-refractivity contribution in [2.24, 2.45) is 0 Å². The van der Waals surface area contributed by atoms with Crippen molar-refractivity contribution < 1.29 is 28.5 Å². The number of hydrogen-bond acceptors (Lipinski definition) is 7. The zero-order valence-electron chi connectivity index (χ0n) is 16.7. The molecule has 0 radical (unpaired) electrons. The van der Waals surface area contributed by atoms with Gasteiger partial charge in [-0.2, -0.15) is 5.26 Å². The molecule has 1 aromatic carbocycles. The number of nitrogens with one attached hydrogen (secondary N) is 1. The smallest absolute Gasteiger partial charge is 0.344 e. The highest BCUT2D eigenvalue weighted by Crippen LogP contribution is 2.35. The fraction of sp³-hybridized carbons (Fsp3) is 0.450. The van der Waals surface area contributed by atoms with Gasteiger partial charge in [-0.1, -0.05) is 0 Å². The van der Waals surface area contributed by atoms with Crippen molar-refractivity contribution in [1.29, 1.82) is 5.26 Å². The van der Waals surface area contributed by atoms with E-state index >= 15 is 0 Å². The third-order valence-electron chi connectivity index (χ3n) is 3.46. The van der Waals surface area contributed by atoms with Crippen LogP contribution in [0.3, 0.4) is 0 Å². The largest absolute Gasteiger partial charge is 0.490 e. The Hall–Kier alpha value is -2.32. The van der Waals surface area contributed by atoms with Crippen molar-refractivity contribution in [3.8, 4) is 17.6 Å². The van der Waals surface area contributed by atoms with Gasteiger partial charge in [-0.3, -0.25) is 4.79 Å². The minimum atomic E-state index is -0.480. The standard InChI is InChI=1S/C20H25IN2O6/c1-4-27-17-11-14(9-15(12-22)20(25)23-7-6-8-26-3)10-16(21)19(17)29-13-18(24)28-5-2/h9-11H,4-8,13H2,1-3H3,(H,23,25)/b15-9+. The second-order valence-electron chi connectivity index (χ2n) is 5.63. The fourth-order valence-electron chi connectivity index (χ4n) is 2.24. The summed E-state index contributed by atoms with van der Waals surface area (Å²) in [7, 11) is 1.58. The first-order valence-electron chi connectivity index (χ1n) is 9.10. The van der Waals surface area contributed by atoms with E-state index in [1.54, 1.807) is 26.2 Å². The fourth-order valence-corrected chi connectivity index (χ4v) is 3.02. The maximum absolute atomic E-state index is 12.2. The van der Waals surface area contributed by atoms with E-state index in [4.69, 9.17) is 18.9 Å². The number of ether oxygens (including phenoxy) is 4. The zero-order valence-corrected chi connectivity index (χ0v) is 18.9. The molecule has 0 bridgehead atoms. The molecule has 0 fully saturated rings. The molecule has 0 unspecified atom stereocenters. The summed E-state index contributed by atoms with van der Waals surface area (Å²) >= 11 is 2.04. The molecule has 29 heavy (non-hydrogen) atoms. The Bertz CT molecular complexity index is 773. The zero-order chi connectivity index (χ0) is 21.6. The molecule has 158 valence electrons. The highest BCUT2D eigenvalue weighted by molar-refractivity contribution is 14.1. The van der Waals surface area contributed by atoms with Crippen molar-refractivity contribution in [3.63, 3.8) is 0 Å². The normalized spacial score (nSPS) is 10.8. The molecular weight excluding hydrogens is 491 g/mol. The second kappa shape index (κ2) is 13.8. The van der Waals surface area contributed by atoms with Gasteiger partial charge in [0.25, 0.3) is 5.91 Å². The van der Waals surface area contributed by atoms with Crippen molar-refractivity contribution in [1.82, 2.24) is 5.32 Å². The van der Waals surface area contributed by atoms with Gasteiger partial charge in [-0.25, -0.2) is 4.79 Å². The molecule has 1 N–H and O–H groups in total. The lowest BCUT2D eigenvalue weighted by Gasteiger charge is -2.14. The van der Waals surface area contributed by atoms with E-state index in [-0.39, 0.29) is 18.8 Å². The molecule has 9 heteroatoms. The van der Waals surface area contributed by atoms with Crippen LogP contribution in [0, 0.1) is 14.9 Å². The molecule has 0 heterocycles. The van der Waals surface area contributed by atoms with Gasteiger partial charge < -0.3 is 24.3 Å². The van der Waals surface area contributed by atoms with Crippen LogP contribution >= 0.6 is 22.6 Å². The first-order valence-corrected chi connectivity index (χ1v) is 10.2. The van der Waals surface area contributed by atoms with E-state index < -0.39 is 11.9 Å². The number of carbonyl (C=O) groups is 2. The quantitative estimate of drug-likeness (QED) is 0.150. The first-order chi connectivity index (χ1) is 14.0. The molecule has 0 saturated heterocycles. The molecule has 0 aliphatic rings. The molecule has 1 rings (SSSR count). The van der Waals surface area contributed by atoms with E-state index in [0.29, 0.717) is 46.8 Å². The third-order valence-corrected chi connectivity index (χ3v) is 4.26. The van der Waals surface area contributed by atoms with Gasteiger partial charge in [-0.05, 0) is 66.6 Å². The van der Waals surface area contributed by atoms with Crippen LogP contribution in [0.1, 0.15) is 25.8 Å². The summed E-state index contributed by atoms with van der Waals surface area (Å²) in [6.07, 6.45) is 2.13. The van der Waals surface area contributed by atoms with Gasteiger partial charge in [0.1, 0.15) is 11.6 Å². The van der Waals surface area contributed by atoms with E-state index in [2.05, 4.69) is 5.32 Å².